The molecule has 3 aromatic rings. The van der Waals surface area contributed by atoms with Crippen molar-refractivity contribution in [1.82, 2.24) is 0 Å². The van der Waals surface area contributed by atoms with Crippen LogP contribution in [0.1, 0.15) is 0 Å². The van der Waals surface area contributed by atoms with E-state index in [2.05, 4.69) is 0 Å². The molecule has 0 aliphatic carbocycles. The maximum Gasteiger partial charge on any atom is 0.344 e. The Hall–Kier alpha value is -2.61. The van der Waals surface area contributed by atoms with Gasteiger partial charge in [-0.2, -0.15) is 0 Å². The van der Waals surface area contributed by atoms with Crippen LogP contribution in [0, 0.1) is 0 Å². The van der Waals surface area contributed by atoms with Gasteiger partial charge in [0.25, 0.3) is 0 Å². The molecule has 0 aliphatic rings. The lowest BCUT2D eigenvalue weighted by Crippen LogP contribution is -2.02. The number of hydrogen-bond donors (Lipinski definition) is 0. The highest BCUT2D eigenvalue weighted by Crippen LogP contribution is 2.21. The summed E-state index contributed by atoms with van der Waals surface area (Å²) in [6.07, 6.45) is 0. The fourth-order valence-corrected chi connectivity index (χ4v) is 2.01. The van der Waals surface area contributed by atoms with Gasteiger partial charge in [0.15, 0.2) is 0 Å². The molecule has 0 atom stereocenters. The Labute approximate surface area is 111 Å². The Balaban J connectivity index is 2.07. The van der Waals surface area contributed by atoms with Crippen LogP contribution in [0.4, 0.5) is 0 Å². The Bertz CT molecular complexity index is 728. The van der Waals surface area contributed by atoms with Gasteiger partial charge in [-0.3, -0.25) is 0 Å². The Morgan fingerprint density at radius 2 is 1.21 bits per heavy atom. The van der Waals surface area contributed by atoms with Crippen LogP contribution >= 0.6 is 0 Å². The molecule has 1 aromatic heterocycles. The summed E-state index contributed by atoms with van der Waals surface area (Å²) in [7, 11) is 0. The second-order valence-corrected chi connectivity index (χ2v) is 4.23. The van der Waals surface area contributed by atoms with Gasteiger partial charge in [0, 0.05) is 5.56 Å². The molecule has 92 valence electrons. The fourth-order valence-electron chi connectivity index (χ4n) is 2.01. The molecule has 0 saturated heterocycles. The van der Waals surface area contributed by atoms with Crippen LogP contribution in [0.15, 0.2) is 82.0 Å². The molecule has 3 rings (SSSR count). The third-order valence-corrected chi connectivity index (χ3v) is 2.97. The highest BCUT2D eigenvalue weighted by Gasteiger charge is 2.06. The minimum absolute atomic E-state index is 0.312. The smallest absolute Gasteiger partial charge is 0.344 e. The van der Waals surface area contributed by atoms with Crippen LogP contribution in [0.25, 0.3) is 22.5 Å². The molecule has 0 spiro atoms. The van der Waals surface area contributed by atoms with Gasteiger partial charge in [-0.1, -0.05) is 60.7 Å². The summed E-state index contributed by atoms with van der Waals surface area (Å²) in [5.41, 5.74) is 2.04. The molecule has 0 amide bonds. The van der Waals surface area contributed by atoms with Crippen LogP contribution in [0.3, 0.4) is 0 Å². The van der Waals surface area contributed by atoms with E-state index >= 15 is 0 Å². The van der Waals surface area contributed by atoms with E-state index in [9.17, 15) is 4.79 Å². The van der Waals surface area contributed by atoms with E-state index in [0.29, 0.717) is 11.3 Å². The van der Waals surface area contributed by atoms with Crippen molar-refractivity contribution in [1.29, 1.82) is 0 Å². The van der Waals surface area contributed by atoms with Crippen molar-refractivity contribution >= 4 is 0 Å². The van der Waals surface area contributed by atoms with E-state index in [4.69, 9.17) is 4.42 Å². The SMILES string of the molecule is O=c1oc(-c2ccccc2)ccc1-c1ccccc1. The van der Waals surface area contributed by atoms with E-state index in [1.54, 1.807) is 0 Å². The second kappa shape index (κ2) is 4.94. The minimum Gasteiger partial charge on any atom is -0.422 e. The first-order chi connectivity index (χ1) is 9.34. The highest BCUT2D eigenvalue weighted by molar-refractivity contribution is 5.65. The summed E-state index contributed by atoms with van der Waals surface area (Å²) in [5, 5.41) is 0. The lowest BCUT2D eigenvalue weighted by atomic mass is 10.1. The summed E-state index contributed by atoms with van der Waals surface area (Å²) in [5.74, 6) is 0.588. The zero-order valence-electron chi connectivity index (χ0n) is 10.2. The van der Waals surface area contributed by atoms with Gasteiger partial charge in [0.1, 0.15) is 5.76 Å². The van der Waals surface area contributed by atoms with Crippen LogP contribution in [0.2, 0.25) is 0 Å². The van der Waals surface area contributed by atoms with Gasteiger partial charge >= 0.3 is 5.63 Å². The molecule has 2 nitrogen and oxygen atoms in total. The van der Waals surface area contributed by atoms with Crippen molar-refractivity contribution in [3.8, 4) is 22.5 Å². The number of hydrogen-bond acceptors (Lipinski definition) is 2. The third-order valence-electron chi connectivity index (χ3n) is 2.97. The van der Waals surface area contributed by atoms with Crippen molar-refractivity contribution in [2.75, 3.05) is 0 Å². The molecule has 0 fully saturated rings. The second-order valence-electron chi connectivity index (χ2n) is 4.23. The molecule has 0 aliphatic heterocycles. The van der Waals surface area contributed by atoms with E-state index in [1.807, 2.05) is 72.8 Å². The monoisotopic (exact) mass is 248 g/mol. The zero-order chi connectivity index (χ0) is 13.1. The molecule has 0 radical (unpaired) electrons. The average molecular weight is 248 g/mol. The van der Waals surface area contributed by atoms with Gasteiger partial charge in [-0.05, 0) is 17.7 Å². The van der Waals surface area contributed by atoms with Crippen molar-refractivity contribution in [2.45, 2.75) is 0 Å². The van der Waals surface area contributed by atoms with Gasteiger partial charge in [0.05, 0.1) is 5.56 Å². The van der Waals surface area contributed by atoms with Crippen LogP contribution in [-0.2, 0) is 0 Å². The molecule has 2 aromatic carbocycles. The first-order valence-electron chi connectivity index (χ1n) is 6.09. The molecule has 0 bridgehead atoms. The molecule has 0 unspecified atom stereocenters. The van der Waals surface area contributed by atoms with E-state index in [-0.39, 0.29) is 5.63 Å². The summed E-state index contributed by atoms with van der Waals surface area (Å²) in [6, 6.07) is 22.8. The van der Waals surface area contributed by atoms with E-state index < -0.39 is 0 Å². The predicted molar refractivity (Wildman–Crippen MR) is 75.9 cm³/mol. The number of benzene rings is 2. The maximum absolute atomic E-state index is 12.0. The predicted octanol–water partition coefficient (Wildman–Crippen LogP) is 3.97. The standard InChI is InChI=1S/C17H12O2/c18-17-15(13-7-3-1-4-8-13)11-12-16(19-17)14-9-5-2-6-10-14/h1-12H. The Morgan fingerprint density at radius 1 is 0.632 bits per heavy atom. The summed E-state index contributed by atoms with van der Waals surface area (Å²) >= 11 is 0. The van der Waals surface area contributed by atoms with Gasteiger partial charge in [0.2, 0.25) is 0 Å². The zero-order valence-corrected chi connectivity index (χ0v) is 10.2. The first-order valence-corrected chi connectivity index (χ1v) is 6.09. The molecule has 1 heterocycles. The van der Waals surface area contributed by atoms with E-state index in [0.717, 1.165) is 11.1 Å². The highest BCUT2D eigenvalue weighted by atomic mass is 16.4. The summed E-state index contributed by atoms with van der Waals surface area (Å²) < 4.78 is 5.39. The van der Waals surface area contributed by atoms with Crippen molar-refractivity contribution in [3.63, 3.8) is 0 Å². The quantitative estimate of drug-likeness (QED) is 0.686. The van der Waals surface area contributed by atoms with Crippen molar-refractivity contribution in [2.24, 2.45) is 0 Å². The fraction of sp³-hybridized carbons (Fsp3) is 0. The lowest BCUT2D eigenvalue weighted by molar-refractivity contribution is 0.528. The third kappa shape index (κ3) is 2.33. The van der Waals surface area contributed by atoms with Gasteiger partial charge in [-0.25, -0.2) is 4.79 Å². The molecule has 19 heavy (non-hydrogen) atoms. The molecular weight excluding hydrogens is 236 g/mol. The molecule has 0 saturated carbocycles. The summed E-state index contributed by atoms with van der Waals surface area (Å²) in [6.45, 7) is 0. The first kappa shape index (κ1) is 11.5. The van der Waals surface area contributed by atoms with Gasteiger partial charge in [-0.15, -0.1) is 0 Å². The van der Waals surface area contributed by atoms with Crippen molar-refractivity contribution in [3.05, 3.63) is 83.2 Å². The molecular formula is C17H12O2. The summed E-state index contributed by atoms with van der Waals surface area (Å²) in [4.78, 5) is 12.0. The van der Waals surface area contributed by atoms with Crippen LogP contribution < -0.4 is 5.63 Å². The topological polar surface area (TPSA) is 30.2 Å². The van der Waals surface area contributed by atoms with Crippen LogP contribution in [0.5, 0.6) is 0 Å². The molecule has 0 N–H and O–H groups in total. The minimum atomic E-state index is -0.312. The Kier molecular flexibility index (Phi) is 2.99. The number of rotatable bonds is 2. The van der Waals surface area contributed by atoms with Gasteiger partial charge < -0.3 is 4.42 Å². The Morgan fingerprint density at radius 3 is 1.79 bits per heavy atom. The normalized spacial score (nSPS) is 10.3. The van der Waals surface area contributed by atoms with Crippen molar-refractivity contribution < 1.29 is 4.42 Å². The molecule has 2 heteroatoms. The van der Waals surface area contributed by atoms with E-state index in [1.165, 1.54) is 0 Å². The van der Waals surface area contributed by atoms with Crippen LogP contribution in [-0.4, -0.2) is 0 Å². The average Bonchev–Trinajstić information content (AvgIpc) is 2.49. The maximum atomic E-state index is 12.0. The largest absolute Gasteiger partial charge is 0.422 e. The lowest BCUT2D eigenvalue weighted by Gasteiger charge is -2.02.